The Labute approximate surface area is 121 Å². The van der Waals surface area contributed by atoms with Crippen LogP contribution in [-0.2, 0) is 6.54 Å². The van der Waals surface area contributed by atoms with E-state index in [1.54, 1.807) is 19.2 Å². The summed E-state index contributed by atoms with van der Waals surface area (Å²) in [5.74, 6) is -0.419. The van der Waals surface area contributed by atoms with E-state index >= 15 is 0 Å². The number of benzene rings is 2. The zero-order chi connectivity index (χ0) is 14.8. The minimum atomic E-state index is -0.419. The molecule has 0 aliphatic rings. The van der Waals surface area contributed by atoms with Crippen molar-refractivity contribution < 1.29 is 4.39 Å². The molecule has 1 aromatic heterocycles. The third kappa shape index (κ3) is 2.34. The van der Waals surface area contributed by atoms with Gasteiger partial charge in [0.2, 0.25) is 0 Å². The molecule has 1 heterocycles. The number of aromatic nitrogens is 1. The highest BCUT2D eigenvalue weighted by Crippen LogP contribution is 2.23. The van der Waals surface area contributed by atoms with E-state index in [0.717, 1.165) is 5.56 Å². The van der Waals surface area contributed by atoms with Crippen LogP contribution in [0.4, 0.5) is 4.39 Å². The zero-order valence-corrected chi connectivity index (χ0v) is 11.6. The third-order valence-corrected chi connectivity index (χ3v) is 3.50. The SMILES string of the molecule is CNCc1c(-c2ccccc2)[nH]c2c(F)cccc2c1=O. The van der Waals surface area contributed by atoms with Crippen LogP contribution in [0.15, 0.2) is 53.3 Å². The van der Waals surface area contributed by atoms with Crippen molar-refractivity contribution in [3.05, 3.63) is 70.1 Å². The van der Waals surface area contributed by atoms with E-state index < -0.39 is 5.82 Å². The summed E-state index contributed by atoms with van der Waals surface area (Å²) in [7, 11) is 1.78. The lowest BCUT2D eigenvalue weighted by molar-refractivity contribution is 0.636. The van der Waals surface area contributed by atoms with Crippen molar-refractivity contribution in [3.8, 4) is 11.3 Å². The number of rotatable bonds is 3. The molecule has 0 aliphatic heterocycles. The second kappa shape index (κ2) is 5.50. The maximum atomic E-state index is 14.0. The van der Waals surface area contributed by atoms with E-state index in [1.165, 1.54) is 6.07 Å². The third-order valence-electron chi connectivity index (χ3n) is 3.50. The highest BCUT2D eigenvalue weighted by Gasteiger charge is 2.14. The fourth-order valence-corrected chi connectivity index (χ4v) is 2.51. The Morgan fingerprint density at radius 1 is 1.10 bits per heavy atom. The molecule has 0 spiro atoms. The molecule has 3 rings (SSSR count). The summed E-state index contributed by atoms with van der Waals surface area (Å²) < 4.78 is 14.0. The van der Waals surface area contributed by atoms with E-state index in [0.29, 0.717) is 23.2 Å². The number of halogens is 1. The molecule has 0 saturated heterocycles. The Kier molecular flexibility index (Phi) is 3.54. The highest BCUT2D eigenvalue weighted by atomic mass is 19.1. The van der Waals surface area contributed by atoms with E-state index in [9.17, 15) is 9.18 Å². The molecule has 0 fully saturated rings. The lowest BCUT2D eigenvalue weighted by Crippen LogP contribution is -2.19. The Morgan fingerprint density at radius 2 is 1.86 bits per heavy atom. The first-order valence-corrected chi connectivity index (χ1v) is 6.75. The minimum Gasteiger partial charge on any atom is -0.352 e. The Balaban J connectivity index is 2.39. The monoisotopic (exact) mass is 282 g/mol. The highest BCUT2D eigenvalue weighted by molar-refractivity contribution is 5.83. The molecule has 0 radical (unpaired) electrons. The van der Waals surface area contributed by atoms with Gasteiger partial charge in [-0.25, -0.2) is 4.39 Å². The standard InChI is InChI=1S/C17H15FN2O/c1-19-10-13-15(11-6-3-2-4-7-11)20-16-12(17(13)21)8-5-9-14(16)18/h2-9,19H,10H2,1H3,(H,20,21). The van der Waals surface area contributed by atoms with Crippen LogP contribution >= 0.6 is 0 Å². The van der Waals surface area contributed by atoms with Crippen LogP contribution in [0, 0.1) is 5.82 Å². The van der Waals surface area contributed by atoms with Gasteiger partial charge in [-0.1, -0.05) is 36.4 Å². The molecule has 106 valence electrons. The molecule has 2 N–H and O–H groups in total. The number of para-hydroxylation sites is 1. The molecular weight excluding hydrogens is 267 g/mol. The fraction of sp³-hybridized carbons (Fsp3) is 0.118. The summed E-state index contributed by atoms with van der Waals surface area (Å²) >= 11 is 0. The number of hydrogen-bond donors (Lipinski definition) is 2. The van der Waals surface area contributed by atoms with Gasteiger partial charge in [0, 0.05) is 17.5 Å². The van der Waals surface area contributed by atoms with Crippen LogP contribution in [0.5, 0.6) is 0 Å². The molecular formula is C17H15FN2O. The van der Waals surface area contributed by atoms with Crippen LogP contribution in [0.25, 0.3) is 22.2 Å². The van der Waals surface area contributed by atoms with Crippen molar-refractivity contribution in [2.75, 3.05) is 7.05 Å². The van der Waals surface area contributed by atoms with Gasteiger partial charge in [-0.15, -0.1) is 0 Å². The van der Waals surface area contributed by atoms with Crippen LogP contribution in [0.1, 0.15) is 5.56 Å². The lowest BCUT2D eigenvalue weighted by Gasteiger charge is -2.12. The first-order valence-electron chi connectivity index (χ1n) is 6.75. The normalized spacial score (nSPS) is 11.0. The summed E-state index contributed by atoms with van der Waals surface area (Å²) in [5, 5.41) is 3.38. The predicted molar refractivity (Wildman–Crippen MR) is 82.7 cm³/mol. The van der Waals surface area contributed by atoms with Crippen LogP contribution < -0.4 is 10.7 Å². The number of nitrogens with one attached hydrogen (secondary N) is 2. The molecule has 0 atom stereocenters. The second-order valence-electron chi connectivity index (χ2n) is 4.87. The molecule has 0 bridgehead atoms. The number of aromatic amines is 1. The Morgan fingerprint density at radius 3 is 2.57 bits per heavy atom. The van der Waals surface area contributed by atoms with Crippen molar-refractivity contribution in [2.24, 2.45) is 0 Å². The maximum absolute atomic E-state index is 14.0. The second-order valence-corrected chi connectivity index (χ2v) is 4.87. The molecule has 3 nitrogen and oxygen atoms in total. The fourth-order valence-electron chi connectivity index (χ4n) is 2.51. The van der Waals surface area contributed by atoms with Gasteiger partial charge in [0.15, 0.2) is 5.43 Å². The van der Waals surface area contributed by atoms with E-state index in [2.05, 4.69) is 10.3 Å². The number of hydrogen-bond acceptors (Lipinski definition) is 2. The van der Waals surface area contributed by atoms with Crippen molar-refractivity contribution in [1.29, 1.82) is 0 Å². The zero-order valence-electron chi connectivity index (χ0n) is 11.6. The largest absolute Gasteiger partial charge is 0.352 e. The topological polar surface area (TPSA) is 44.9 Å². The van der Waals surface area contributed by atoms with Gasteiger partial charge in [-0.2, -0.15) is 0 Å². The average molecular weight is 282 g/mol. The average Bonchev–Trinajstić information content (AvgIpc) is 2.51. The Bertz CT molecular complexity index is 841. The van der Waals surface area contributed by atoms with Gasteiger partial charge in [-0.3, -0.25) is 4.79 Å². The van der Waals surface area contributed by atoms with Crippen LogP contribution in [-0.4, -0.2) is 12.0 Å². The quantitative estimate of drug-likeness (QED) is 0.775. The molecule has 0 unspecified atom stereocenters. The lowest BCUT2D eigenvalue weighted by atomic mass is 10.0. The number of pyridine rings is 1. The van der Waals surface area contributed by atoms with Crippen molar-refractivity contribution >= 4 is 10.9 Å². The summed E-state index contributed by atoms with van der Waals surface area (Å²) in [4.78, 5) is 15.7. The number of fused-ring (bicyclic) bond motifs is 1. The van der Waals surface area contributed by atoms with Gasteiger partial charge < -0.3 is 10.3 Å². The molecule has 0 saturated carbocycles. The van der Waals surface area contributed by atoms with Crippen molar-refractivity contribution in [1.82, 2.24) is 10.3 Å². The first-order chi connectivity index (χ1) is 10.2. The minimum absolute atomic E-state index is 0.142. The number of H-pyrrole nitrogens is 1. The van der Waals surface area contributed by atoms with Crippen LogP contribution in [0.3, 0.4) is 0 Å². The first kappa shape index (κ1) is 13.5. The molecule has 3 aromatic rings. The van der Waals surface area contributed by atoms with E-state index in [4.69, 9.17) is 0 Å². The molecule has 4 heteroatoms. The van der Waals surface area contributed by atoms with Gasteiger partial charge in [0.05, 0.1) is 11.2 Å². The molecule has 21 heavy (non-hydrogen) atoms. The predicted octanol–water partition coefficient (Wildman–Crippen LogP) is 3.05. The Hall–Kier alpha value is -2.46. The summed E-state index contributed by atoms with van der Waals surface area (Å²) in [6.07, 6.45) is 0. The summed E-state index contributed by atoms with van der Waals surface area (Å²) in [5.41, 5.74) is 2.25. The van der Waals surface area contributed by atoms with Gasteiger partial charge >= 0.3 is 0 Å². The van der Waals surface area contributed by atoms with Crippen molar-refractivity contribution in [2.45, 2.75) is 6.54 Å². The molecule has 2 aromatic carbocycles. The van der Waals surface area contributed by atoms with Crippen molar-refractivity contribution in [3.63, 3.8) is 0 Å². The molecule has 0 amide bonds. The van der Waals surface area contributed by atoms with Crippen LogP contribution in [0.2, 0.25) is 0 Å². The smallest absolute Gasteiger partial charge is 0.194 e. The summed E-state index contributed by atoms with van der Waals surface area (Å²) in [6.45, 7) is 0.423. The van der Waals surface area contributed by atoms with Gasteiger partial charge in [0.1, 0.15) is 5.82 Å². The summed E-state index contributed by atoms with van der Waals surface area (Å²) in [6, 6.07) is 14.0. The van der Waals surface area contributed by atoms with Gasteiger partial charge in [-0.05, 0) is 24.7 Å². The maximum Gasteiger partial charge on any atom is 0.194 e. The van der Waals surface area contributed by atoms with E-state index in [-0.39, 0.29) is 10.9 Å². The van der Waals surface area contributed by atoms with E-state index in [1.807, 2.05) is 30.3 Å². The molecule has 0 aliphatic carbocycles. The van der Waals surface area contributed by atoms with Gasteiger partial charge in [0.25, 0.3) is 0 Å².